The molecular weight excluding hydrogens is 156 g/mol. The Morgan fingerprint density at radius 1 is 1.17 bits per heavy atom. The number of nitrogens with zero attached hydrogens (tertiary/aromatic N) is 2. The maximum atomic E-state index is 10.7. The largest absolute Gasteiger partial charge is 0.478 e. The van der Waals surface area contributed by atoms with Gasteiger partial charge in [-0.05, 0) is 20.8 Å². The minimum absolute atomic E-state index is 0.209. The molecule has 0 aromatic carbocycles. The first-order valence-electron chi connectivity index (χ1n) is 3.57. The van der Waals surface area contributed by atoms with Gasteiger partial charge in [0.15, 0.2) is 0 Å². The van der Waals surface area contributed by atoms with E-state index in [9.17, 15) is 4.79 Å². The van der Waals surface area contributed by atoms with E-state index in [1.54, 1.807) is 20.8 Å². The van der Waals surface area contributed by atoms with E-state index in [-0.39, 0.29) is 5.56 Å². The number of hydrogen-bond donors (Lipinski definition) is 1. The van der Waals surface area contributed by atoms with E-state index >= 15 is 0 Å². The van der Waals surface area contributed by atoms with Crippen molar-refractivity contribution < 1.29 is 9.90 Å². The van der Waals surface area contributed by atoms with Gasteiger partial charge in [0.05, 0.1) is 11.4 Å². The third-order valence-electron chi connectivity index (χ3n) is 1.60. The molecule has 0 aliphatic carbocycles. The summed E-state index contributed by atoms with van der Waals surface area (Å²) in [6, 6.07) is 0. The second-order valence-electron chi connectivity index (χ2n) is 2.62. The first-order chi connectivity index (χ1) is 5.52. The molecule has 0 aliphatic rings. The highest BCUT2D eigenvalue weighted by Crippen LogP contribution is 2.09. The van der Waals surface area contributed by atoms with Crippen LogP contribution < -0.4 is 0 Å². The molecule has 12 heavy (non-hydrogen) atoms. The van der Waals surface area contributed by atoms with Gasteiger partial charge in [0.2, 0.25) is 0 Å². The molecule has 0 fully saturated rings. The fourth-order valence-electron chi connectivity index (χ4n) is 1.19. The Morgan fingerprint density at radius 3 is 1.92 bits per heavy atom. The number of aryl methyl sites for hydroxylation is 3. The van der Waals surface area contributed by atoms with Crippen LogP contribution in [0, 0.1) is 20.8 Å². The summed E-state index contributed by atoms with van der Waals surface area (Å²) in [5.74, 6) is -0.361. The van der Waals surface area contributed by atoms with E-state index in [0.29, 0.717) is 17.2 Å². The molecule has 1 heterocycles. The SMILES string of the molecule is Cc1nc(C)c(C(=O)O)c(C)n1. The van der Waals surface area contributed by atoms with Crippen molar-refractivity contribution in [3.63, 3.8) is 0 Å². The highest BCUT2D eigenvalue weighted by Gasteiger charge is 2.12. The Labute approximate surface area is 70.3 Å². The third kappa shape index (κ3) is 1.42. The fraction of sp³-hybridized carbons (Fsp3) is 0.375. The van der Waals surface area contributed by atoms with E-state index in [2.05, 4.69) is 9.97 Å². The van der Waals surface area contributed by atoms with Crippen molar-refractivity contribution in [2.75, 3.05) is 0 Å². The number of rotatable bonds is 1. The highest BCUT2D eigenvalue weighted by molar-refractivity contribution is 5.89. The zero-order valence-electron chi connectivity index (χ0n) is 7.25. The van der Waals surface area contributed by atoms with E-state index in [4.69, 9.17) is 5.11 Å². The average Bonchev–Trinajstić information content (AvgIpc) is 1.82. The van der Waals surface area contributed by atoms with Gasteiger partial charge in [0.1, 0.15) is 11.4 Å². The topological polar surface area (TPSA) is 63.1 Å². The van der Waals surface area contributed by atoms with E-state index < -0.39 is 5.97 Å². The van der Waals surface area contributed by atoms with Crippen molar-refractivity contribution in [1.29, 1.82) is 0 Å². The third-order valence-corrected chi connectivity index (χ3v) is 1.60. The standard InChI is InChI=1S/C8H10N2O2/c1-4-7(8(11)12)5(2)10-6(3)9-4/h1-3H3,(H,11,12). The second-order valence-corrected chi connectivity index (χ2v) is 2.62. The zero-order chi connectivity index (χ0) is 9.30. The molecule has 4 heteroatoms. The van der Waals surface area contributed by atoms with Gasteiger partial charge in [-0.15, -0.1) is 0 Å². The summed E-state index contributed by atoms with van der Waals surface area (Å²) in [6.07, 6.45) is 0. The Bertz CT molecular complexity index is 311. The van der Waals surface area contributed by atoms with Crippen LogP contribution in [0.3, 0.4) is 0 Å². The van der Waals surface area contributed by atoms with Crippen LogP contribution in [0.4, 0.5) is 0 Å². The predicted molar refractivity (Wildman–Crippen MR) is 43.2 cm³/mol. The molecule has 4 nitrogen and oxygen atoms in total. The molecule has 0 amide bonds. The molecule has 0 saturated heterocycles. The molecule has 1 N–H and O–H groups in total. The second kappa shape index (κ2) is 2.89. The van der Waals surface area contributed by atoms with Gasteiger partial charge in [-0.25, -0.2) is 14.8 Å². The van der Waals surface area contributed by atoms with Gasteiger partial charge in [0.25, 0.3) is 0 Å². The van der Waals surface area contributed by atoms with Crippen LogP contribution in [0.25, 0.3) is 0 Å². The van der Waals surface area contributed by atoms with Gasteiger partial charge in [0, 0.05) is 0 Å². The average molecular weight is 166 g/mol. The number of carboxylic acids is 1. The lowest BCUT2D eigenvalue weighted by Crippen LogP contribution is -2.08. The molecule has 1 aromatic rings. The number of aromatic nitrogens is 2. The molecule has 0 bridgehead atoms. The minimum Gasteiger partial charge on any atom is -0.478 e. The van der Waals surface area contributed by atoms with Crippen molar-refractivity contribution in [3.8, 4) is 0 Å². The fourth-order valence-corrected chi connectivity index (χ4v) is 1.19. The van der Waals surface area contributed by atoms with Gasteiger partial charge >= 0.3 is 5.97 Å². The van der Waals surface area contributed by atoms with Gasteiger partial charge in [-0.2, -0.15) is 0 Å². The van der Waals surface area contributed by atoms with Crippen LogP contribution in [0.1, 0.15) is 27.6 Å². The van der Waals surface area contributed by atoms with Gasteiger partial charge in [-0.1, -0.05) is 0 Å². The number of hydrogen-bond acceptors (Lipinski definition) is 3. The van der Waals surface area contributed by atoms with Crippen molar-refractivity contribution in [2.45, 2.75) is 20.8 Å². The Hall–Kier alpha value is -1.45. The molecule has 0 radical (unpaired) electrons. The lowest BCUT2D eigenvalue weighted by Gasteiger charge is -2.03. The van der Waals surface area contributed by atoms with Gasteiger partial charge < -0.3 is 5.11 Å². The van der Waals surface area contributed by atoms with Crippen LogP contribution in [0.15, 0.2) is 0 Å². The molecule has 0 unspecified atom stereocenters. The summed E-state index contributed by atoms with van der Waals surface area (Å²) in [5.41, 5.74) is 1.25. The van der Waals surface area contributed by atoms with Crippen molar-refractivity contribution in [1.82, 2.24) is 9.97 Å². The molecule has 1 aromatic heterocycles. The highest BCUT2D eigenvalue weighted by atomic mass is 16.4. The monoisotopic (exact) mass is 166 g/mol. The molecule has 1 rings (SSSR count). The first kappa shape index (κ1) is 8.64. The summed E-state index contributed by atoms with van der Waals surface area (Å²) in [6.45, 7) is 5.09. The van der Waals surface area contributed by atoms with Gasteiger partial charge in [-0.3, -0.25) is 0 Å². The van der Waals surface area contributed by atoms with Crippen LogP contribution in [-0.4, -0.2) is 21.0 Å². The first-order valence-corrected chi connectivity index (χ1v) is 3.57. The van der Waals surface area contributed by atoms with Crippen LogP contribution in [0.5, 0.6) is 0 Å². The Kier molecular flexibility index (Phi) is 2.08. The van der Waals surface area contributed by atoms with E-state index in [1.807, 2.05) is 0 Å². The molecule has 0 saturated carbocycles. The molecule has 0 aliphatic heterocycles. The molecule has 64 valence electrons. The van der Waals surface area contributed by atoms with E-state index in [0.717, 1.165) is 0 Å². The quantitative estimate of drug-likeness (QED) is 0.678. The maximum absolute atomic E-state index is 10.7. The minimum atomic E-state index is -0.968. The molecular formula is C8H10N2O2. The van der Waals surface area contributed by atoms with Crippen molar-refractivity contribution >= 4 is 5.97 Å². The lowest BCUT2D eigenvalue weighted by molar-refractivity contribution is 0.0694. The smallest absolute Gasteiger partial charge is 0.339 e. The summed E-state index contributed by atoms with van der Waals surface area (Å²) >= 11 is 0. The van der Waals surface area contributed by atoms with E-state index in [1.165, 1.54) is 0 Å². The number of carboxylic acid groups (broad SMARTS) is 1. The summed E-state index contributed by atoms with van der Waals surface area (Å²) in [7, 11) is 0. The number of aromatic carboxylic acids is 1. The lowest BCUT2D eigenvalue weighted by atomic mass is 10.2. The van der Waals surface area contributed by atoms with Crippen LogP contribution >= 0.6 is 0 Å². The number of carbonyl (C=O) groups is 1. The predicted octanol–water partition coefficient (Wildman–Crippen LogP) is 1.10. The summed E-state index contributed by atoms with van der Waals surface area (Å²) in [5, 5.41) is 8.76. The zero-order valence-corrected chi connectivity index (χ0v) is 7.25. The normalized spacial score (nSPS) is 9.92. The molecule has 0 spiro atoms. The molecule has 0 atom stereocenters. The van der Waals surface area contributed by atoms with Crippen LogP contribution in [-0.2, 0) is 0 Å². The van der Waals surface area contributed by atoms with Crippen LogP contribution in [0.2, 0.25) is 0 Å². The Balaban J connectivity index is 3.38. The Morgan fingerprint density at radius 2 is 1.58 bits per heavy atom. The van der Waals surface area contributed by atoms with Crippen molar-refractivity contribution in [2.24, 2.45) is 0 Å². The summed E-state index contributed by atoms with van der Waals surface area (Å²) in [4.78, 5) is 18.6. The summed E-state index contributed by atoms with van der Waals surface area (Å²) < 4.78 is 0. The maximum Gasteiger partial charge on any atom is 0.339 e. The van der Waals surface area contributed by atoms with Crippen molar-refractivity contribution in [3.05, 3.63) is 22.8 Å².